The molecule has 0 aliphatic carbocycles. The van der Waals surface area contributed by atoms with Gasteiger partial charge in [0.2, 0.25) is 5.95 Å². The molecule has 148 valence electrons. The second kappa shape index (κ2) is 8.50. The van der Waals surface area contributed by atoms with E-state index in [0.29, 0.717) is 21.7 Å². The summed E-state index contributed by atoms with van der Waals surface area (Å²) in [7, 11) is 1.57. The van der Waals surface area contributed by atoms with E-state index in [1.54, 1.807) is 31.3 Å². The van der Waals surface area contributed by atoms with Crippen molar-refractivity contribution in [1.82, 2.24) is 14.9 Å². The highest BCUT2D eigenvalue weighted by Crippen LogP contribution is 2.26. The number of nitrogens with zero attached hydrogens (tertiary/aromatic N) is 4. The number of nitrogens with one attached hydrogen (secondary N) is 2. The predicted octanol–water partition coefficient (Wildman–Crippen LogP) is 1.15. The highest BCUT2D eigenvalue weighted by atomic mass is 79.9. The number of carbonyl (C=O) groups is 2. The first-order valence-electron chi connectivity index (χ1n) is 8.39. The van der Waals surface area contributed by atoms with Crippen LogP contribution < -0.4 is 15.5 Å². The van der Waals surface area contributed by atoms with Gasteiger partial charge in [0.25, 0.3) is 5.91 Å². The third kappa shape index (κ3) is 4.38. The Balaban J connectivity index is 1.77. The van der Waals surface area contributed by atoms with Crippen molar-refractivity contribution in [2.24, 2.45) is 0 Å². The minimum atomic E-state index is -0.913. The number of benzene rings is 1. The van der Waals surface area contributed by atoms with Crippen molar-refractivity contribution >= 4 is 51.0 Å². The van der Waals surface area contributed by atoms with Crippen molar-refractivity contribution in [2.45, 2.75) is 6.10 Å². The molecule has 2 aromatic rings. The molecule has 4 N–H and O–H groups in total. The van der Waals surface area contributed by atoms with Gasteiger partial charge in [-0.2, -0.15) is 4.98 Å². The molecule has 0 saturated carbocycles. The topological polar surface area (TPSA) is 131 Å². The van der Waals surface area contributed by atoms with E-state index in [9.17, 15) is 14.7 Å². The number of aliphatic hydroxyl groups is 2. The number of urea groups is 1. The van der Waals surface area contributed by atoms with Crippen LogP contribution in [-0.4, -0.2) is 69.9 Å². The quantitative estimate of drug-likeness (QED) is 0.462. The van der Waals surface area contributed by atoms with Crippen LogP contribution in [0.3, 0.4) is 0 Å². The van der Waals surface area contributed by atoms with Gasteiger partial charge in [0.1, 0.15) is 12.4 Å². The molecule has 1 atom stereocenters. The number of anilines is 4. The lowest BCUT2D eigenvalue weighted by atomic mass is 10.2. The van der Waals surface area contributed by atoms with Crippen molar-refractivity contribution in [3.05, 3.63) is 34.9 Å². The Hall–Kier alpha value is -2.76. The molecule has 11 heteroatoms. The Morgan fingerprint density at radius 1 is 1.36 bits per heavy atom. The Bertz CT molecular complexity index is 896. The van der Waals surface area contributed by atoms with E-state index in [2.05, 4.69) is 36.5 Å². The van der Waals surface area contributed by atoms with Crippen LogP contribution in [0.15, 0.2) is 34.9 Å². The van der Waals surface area contributed by atoms with E-state index in [4.69, 9.17) is 5.11 Å². The maximum Gasteiger partial charge on any atom is 0.331 e. The molecular weight excluding hydrogens is 432 g/mol. The number of aromatic nitrogens is 2. The third-order valence-electron chi connectivity index (χ3n) is 3.96. The number of rotatable bonds is 7. The van der Waals surface area contributed by atoms with Crippen LogP contribution in [0.1, 0.15) is 0 Å². The molecule has 28 heavy (non-hydrogen) atoms. The van der Waals surface area contributed by atoms with Gasteiger partial charge in [-0.05, 0) is 34.1 Å². The first kappa shape index (κ1) is 20.0. The lowest BCUT2D eigenvalue weighted by molar-refractivity contribution is -0.116. The normalized spacial score (nSPS) is 15.1. The number of imide groups is 1. The monoisotopic (exact) mass is 450 g/mol. The number of aliphatic hydroxyl groups excluding tert-OH is 2. The van der Waals surface area contributed by atoms with Gasteiger partial charge in [0.05, 0.1) is 22.9 Å². The Labute approximate surface area is 169 Å². The van der Waals surface area contributed by atoms with Gasteiger partial charge in [-0.15, -0.1) is 0 Å². The largest absolute Gasteiger partial charge is 0.394 e. The molecule has 1 aromatic heterocycles. The molecule has 1 fully saturated rings. The second-order valence-corrected chi connectivity index (χ2v) is 7.00. The summed E-state index contributed by atoms with van der Waals surface area (Å²) in [6, 6.07) is 6.42. The van der Waals surface area contributed by atoms with Gasteiger partial charge >= 0.3 is 6.03 Å². The maximum absolute atomic E-state index is 12.2. The fourth-order valence-electron chi connectivity index (χ4n) is 2.56. The van der Waals surface area contributed by atoms with E-state index < -0.39 is 6.10 Å². The van der Waals surface area contributed by atoms with Crippen LogP contribution in [0.4, 0.5) is 27.9 Å². The van der Waals surface area contributed by atoms with Gasteiger partial charge in [-0.3, -0.25) is 4.79 Å². The predicted molar refractivity (Wildman–Crippen MR) is 107 cm³/mol. The van der Waals surface area contributed by atoms with Crippen LogP contribution in [0.25, 0.3) is 0 Å². The number of hydrogen-bond donors (Lipinski definition) is 4. The smallest absolute Gasteiger partial charge is 0.331 e. The standard InChI is InChI=1S/C17H19BrN6O4/c1-23-8-14(27)24(17(23)28)11-4-2-3-10(5-11)21-16-20-7-13(18)15(22-16)19-6-12(26)9-25/h2-5,7,12,25-26H,6,8-9H2,1H3,(H2,19,20,21,22). The summed E-state index contributed by atoms with van der Waals surface area (Å²) < 4.78 is 0.591. The molecular formula is C17H19BrN6O4. The molecule has 1 aliphatic heterocycles. The average Bonchev–Trinajstić information content (AvgIpc) is 2.93. The summed E-state index contributed by atoms with van der Waals surface area (Å²) in [6.07, 6.45) is 0.624. The fourth-order valence-corrected chi connectivity index (χ4v) is 2.89. The summed E-state index contributed by atoms with van der Waals surface area (Å²) in [4.78, 5) is 35.2. The molecule has 2 heterocycles. The average molecular weight is 451 g/mol. The third-order valence-corrected chi connectivity index (χ3v) is 4.54. The molecule has 1 unspecified atom stereocenters. The van der Waals surface area contributed by atoms with E-state index in [1.165, 1.54) is 11.1 Å². The van der Waals surface area contributed by atoms with Crippen LogP contribution in [0, 0.1) is 0 Å². The summed E-state index contributed by atoms with van der Waals surface area (Å²) >= 11 is 3.32. The van der Waals surface area contributed by atoms with Crippen LogP contribution >= 0.6 is 15.9 Å². The zero-order valence-corrected chi connectivity index (χ0v) is 16.5. The maximum atomic E-state index is 12.2. The van der Waals surface area contributed by atoms with Gasteiger partial charge < -0.3 is 25.7 Å². The molecule has 0 radical (unpaired) electrons. The number of amides is 3. The summed E-state index contributed by atoms with van der Waals surface area (Å²) in [5.74, 6) is 0.420. The zero-order chi connectivity index (χ0) is 20.3. The molecule has 1 saturated heterocycles. The molecule has 10 nitrogen and oxygen atoms in total. The van der Waals surface area contributed by atoms with Crippen molar-refractivity contribution < 1.29 is 19.8 Å². The number of likely N-dealkylation sites (N-methyl/N-ethyl adjacent to an activating group) is 1. The first-order chi connectivity index (χ1) is 13.4. The molecule has 0 spiro atoms. The van der Waals surface area contributed by atoms with Gasteiger partial charge in [-0.25, -0.2) is 14.7 Å². The minimum absolute atomic E-state index is 0.0427. The summed E-state index contributed by atoms with van der Waals surface area (Å²) in [5, 5.41) is 24.3. The van der Waals surface area contributed by atoms with E-state index in [0.717, 1.165) is 4.90 Å². The first-order valence-corrected chi connectivity index (χ1v) is 9.19. The van der Waals surface area contributed by atoms with Crippen molar-refractivity contribution in [3.63, 3.8) is 0 Å². The number of halogens is 1. The lowest BCUT2D eigenvalue weighted by Crippen LogP contribution is -2.31. The zero-order valence-electron chi connectivity index (χ0n) is 15.0. The van der Waals surface area contributed by atoms with Crippen molar-refractivity contribution in [1.29, 1.82) is 0 Å². The highest BCUT2D eigenvalue weighted by Gasteiger charge is 2.34. The number of carbonyl (C=O) groups excluding carboxylic acids is 2. The summed E-state index contributed by atoms with van der Waals surface area (Å²) in [5.41, 5.74) is 1.04. The van der Waals surface area contributed by atoms with Gasteiger partial charge in [0.15, 0.2) is 0 Å². The van der Waals surface area contributed by atoms with Crippen LogP contribution in [0.5, 0.6) is 0 Å². The van der Waals surface area contributed by atoms with Crippen LogP contribution in [0.2, 0.25) is 0 Å². The Kier molecular flexibility index (Phi) is 6.07. The minimum Gasteiger partial charge on any atom is -0.394 e. The molecule has 0 bridgehead atoms. The molecule has 1 aromatic carbocycles. The Morgan fingerprint density at radius 2 is 2.14 bits per heavy atom. The van der Waals surface area contributed by atoms with Gasteiger partial charge in [0, 0.05) is 25.5 Å². The van der Waals surface area contributed by atoms with E-state index >= 15 is 0 Å². The van der Waals surface area contributed by atoms with Crippen molar-refractivity contribution in [3.8, 4) is 0 Å². The molecule has 1 aliphatic rings. The lowest BCUT2D eigenvalue weighted by Gasteiger charge is -2.16. The summed E-state index contributed by atoms with van der Waals surface area (Å²) in [6.45, 7) is -0.203. The molecule has 3 amide bonds. The second-order valence-electron chi connectivity index (χ2n) is 6.15. The van der Waals surface area contributed by atoms with E-state index in [1.807, 2.05) is 0 Å². The van der Waals surface area contributed by atoms with E-state index in [-0.39, 0.29) is 37.6 Å². The SMILES string of the molecule is CN1CC(=O)N(c2cccc(Nc3ncc(Br)c(NCC(O)CO)n3)c2)C1=O. The van der Waals surface area contributed by atoms with Crippen molar-refractivity contribution in [2.75, 3.05) is 42.3 Å². The van der Waals surface area contributed by atoms with Crippen LogP contribution in [-0.2, 0) is 4.79 Å². The fraction of sp³-hybridized carbons (Fsp3) is 0.294. The van der Waals surface area contributed by atoms with Gasteiger partial charge in [-0.1, -0.05) is 6.07 Å². The number of hydrogen-bond acceptors (Lipinski definition) is 8. The molecule has 3 rings (SSSR count). The highest BCUT2D eigenvalue weighted by molar-refractivity contribution is 9.10. The Morgan fingerprint density at radius 3 is 2.82 bits per heavy atom.